The van der Waals surface area contributed by atoms with E-state index in [-0.39, 0.29) is 0 Å². The summed E-state index contributed by atoms with van der Waals surface area (Å²) in [5.74, 6) is 1.81. The molecule has 5 rings (SSSR count). The van der Waals surface area contributed by atoms with Crippen LogP contribution >= 0.6 is 11.3 Å². The van der Waals surface area contributed by atoms with Crippen LogP contribution in [-0.4, -0.2) is 49.0 Å². The molecule has 1 fully saturated rings. The van der Waals surface area contributed by atoms with Crippen molar-refractivity contribution in [3.8, 4) is 22.1 Å². The SMILES string of the molecule is O=S(=O)(c1ccc(-c2ccnc(Nc3ccc4c(c3)OCCO4)n2)s1)N1CCCCC1. The first-order valence-electron chi connectivity index (χ1n) is 10.2. The number of benzene rings is 1. The summed E-state index contributed by atoms with van der Waals surface area (Å²) in [6.45, 7) is 2.24. The van der Waals surface area contributed by atoms with Crippen molar-refractivity contribution < 1.29 is 17.9 Å². The van der Waals surface area contributed by atoms with Crippen molar-refractivity contribution in [2.24, 2.45) is 0 Å². The van der Waals surface area contributed by atoms with Crippen LogP contribution in [0.2, 0.25) is 0 Å². The lowest BCUT2D eigenvalue weighted by Gasteiger charge is -2.25. The Labute approximate surface area is 184 Å². The molecule has 0 radical (unpaired) electrons. The van der Waals surface area contributed by atoms with Gasteiger partial charge < -0.3 is 14.8 Å². The third-order valence-electron chi connectivity index (χ3n) is 5.20. The lowest BCUT2D eigenvalue weighted by Crippen LogP contribution is -2.35. The fourth-order valence-corrected chi connectivity index (χ4v) is 6.58. The van der Waals surface area contributed by atoms with Gasteiger partial charge in [-0.05, 0) is 43.2 Å². The Morgan fingerprint density at radius 2 is 1.77 bits per heavy atom. The van der Waals surface area contributed by atoms with E-state index in [9.17, 15) is 8.42 Å². The number of aromatic nitrogens is 2. The van der Waals surface area contributed by atoms with E-state index >= 15 is 0 Å². The Balaban J connectivity index is 1.36. The van der Waals surface area contributed by atoms with Crippen LogP contribution in [0.15, 0.2) is 46.8 Å². The number of hydrogen-bond donors (Lipinski definition) is 1. The number of nitrogens with one attached hydrogen (secondary N) is 1. The smallest absolute Gasteiger partial charge is 0.252 e. The van der Waals surface area contributed by atoms with E-state index < -0.39 is 10.0 Å². The summed E-state index contributed by atoms with van der Waals surface area (Å²) in [6.07, 6.45) is 4.57. The average Bonchev–Trinajstić information content (AvgIpc) is 3.31. The predicted octanol–water partition coefficient (Wildman–Crippen LogP) is 3.89. The van der Waals surface area contributed by atoms with Crippen LogP contribution in [0.5, 0.6) is 11.5 Å². The molecule has 2 aromatic heterocycles. The summed E-state index contributed by atoms with van der Waals surface area (Å²) in [7, 11) is -3.45. The molecule has 31 heavy (non-hydrogen) atoms. The monoisotopic (exact) mass is 458 g/mol. The number of fused-ring (bicyclic) bond motifs is 1. The molecule has 162 valence electrons. The second-order valence-corrected chi connectivity index (χ2v) is 10.6. The summed E-state index contributed by atoms with van der Waals surface area (Å²) in [4.78, 5) is 9.63. The van der Waals surface area contributed by atoms with E-state index in [0.29, 0.717) is 53.7 Å². The minimum Gasteiger partial charge on any atom is -0.486 e. The first-order valence-corrected chi connectivity index (χ1v) is 12.5. The quantitative estimate of drug-likeness (QED) is 0.620. The van der Waals surface area contributed by atoms with Crippen LogP contribution in [0.1, 0.15) is 19.3 Å². The Bertz CT molecular complexity index is 1190. The van der Waals surface area contributed by atoms with Gasteiger partial charge in [0.15, 0.2) is 11.5 Å². The standard InChI is InChI=1S/C21H22N4O4S2/c26-31(27,25-10-2-1-3-11-25)20-7-6-19(30-20)16-8-9-22-21(24-16)23-15-4-5-17-18(14-15)29-13-12-28-17/h4-9,14H,1-3,10-13H2,(H,22,23,24). The number of thiophene rings is 1. The van der Waals surface area contributed by atoms with Crippen LogP contribution < -0.4 is 14.8 Å². The van der Waals surface area contributed by atoms with E-state index in [2.05, 4.69) is 15.3 Å². The van der Waals surface area contributed by atoms with E-state index in [1.807, 2.05) is 18.2 Å². The summed E-state index contributed by atoms with van der Waals surface area (Å²) in [5.41, 5.74) is 1.45. The zero-order valence-electron chi connectivity index (χ0n) is 16.8. The molecule has 0 bridgehead atoms. The molecule has 1 aromatic carbocycles. The van der Waals surface area contributed by atoms with Gasteiger partial charge in [0, 0.05) is 31.0 Å². The van der Waals surface area contributed by atoms with Gasteiger partial charge in [-0.3, -0.25) is 0 Å². The Morgan fingerprint density at radius 1 is 0.968 bits per heavy atom. The molecule has 3 aromatic rings. The van der Waals surface area contributed by atoms with Crippen LogP contribution in [0.3, 0.4) is 0 Å². The molecule has 1 N–H and O–H groups in total. The fraction of sp³-hybridized carbons (Fsp3) is 0.333. The van der Waals surface area contributed by atoms with Gasteiger partial charge in [-0.25, -0.2) is 18.4 Å². The van der Waals surface area contributed by atoms with Crippen molar-refractivity contribution in [3.05, 3.63) is 42.6 Å². The first kappa shape index (κ1) is 20.2. The highest BCUT2D eigenvalue weighted by molar-refractivity contribution is 7.91. The number of anilines is 2. The van der Waals surface area contributed by atoms with Gasteiger partial charge in [0.25, 0.3) is 10.0 Å². The Kier molecular flexibility index (Phi) is 5.51. The topological polar surface area (TPSA) is 93.7 Å². The maximum absolute atomic E-state index is 12.9. The minimum atomic E-state index is -3.45. The highest BCUT2D eigenvalue weighted by atomic mass is 32.2. The molecule has 8 nitrogen and oxygen atoms in total. The van der Waals surface area contributed by atoms with Crippen LogP contribution in [0.25, 0.3) is 10.6 Å². The highest BCUT2D eigenvalue weighted by Gasteiger charge is 2.27. The van der Waals surface area contributed by atoms with E-state index in [4.69, 9.17) is 9.47 Å². The van der Waals surface area contributed by atoms with E-state index in [1.165, 1.54) is 11.3 Å². The number of sulfonamides is 1. The third-order valence-corrected chi connectivity index (χ3v) is 8.67. The normalized spacial score (nSPS) is 16.8. The molecule has 1 saturated heterocycles. The molecular formula is C21H22N4O4S2. The lowest BCUT2D eigenvalue weighted by molar-refractivity contribution is 0.171. The van der Waals surface area contributed by atoms with Crippen molar-refractivity contribution in [1.29, 1.82) is 0 Å². The average molecular weight is 459 g/mol. The van der Waals surface area contributed by atoms with Crippen LogP contribution in [0.4, 0.5) is 11.6 Å². The summed E-state index contributed by atoms with van der Waals surface area (Å²) in [5, 5.41) is 3.17. The zero-order chi connectivity index (χ0) is 21.3. The maximum atomic E-state index is 12.9. The lowest BCUT2D eigenvalue weighted by atomic mass is 10.2. The number of hydrogen-bond acceptors (Lipinski definition) is 8. The Hall–Kier alpha value is -2.69. The molecule has 2 aliphatic heterocycles. The van der Waals surface area contributed by atoms with Gasteiger partial charge in [-0.1, -0.05) is 6.42 Å². The maximum Gasteiger partial charge on any atom is 0.252 e. The largest absolute Gasteiger partial charge is 0.486 e. The van der Waals surface area contributed by atoms with Crippen molar-refractivity contribution >= 4 is 33.0 Å². The molecule has 0 spiro atoms. The van der Waals surface area contributed by atoms with Gasteiger partial charge in [0.05, 0.1) is 10.6 Å². The Morgan fingerprint density at radius 3 is 2.61 bits per heavy atom. The molecule has 4 heterocycles. The molecule has 0 aliphatic carbocycles. The van der Waals surface area contributed by atoms with Gasteiger partial charge in [-0.2, -0.15) is 4.31 Å². The molecule has 2 aliphatic rings. The minimum absolute atomic E-state index is 0.351. The van der Waals surface area contributed by atoms with Gasteiger partial charge in [0.2, 0.25) is 5.95 Å². The molecule has 0 saturated carbocycles. The van der Waals surface area contributed by atoms with Gasteiger partial charge in [0.1, 0.15) is 17.4 Å². The van der Waals surface area contributed by atoms with E-state index in [0.717, 1.165) is 29.8 Å². The van der Waals surface area contributed by atoms with Gasteiger partial charge in [-0.15, -0.1) is 11.3 Å². The van der Waals surface area contributed by atoms with Crippen LogP contribution in [0, 0.1) is 0 Å². The summed E-state index contributed by atoms with van der Waals surface area (Å²) >= 11 is 1.24. The van der Waals surface area contributed by atoms with Crippen LogP contribution in [-0.2, 0) is 10.0 Å². The predicted molar refractivity (Wildman–Crippen MR) is 119 cm³/mol. The molecule has 0 unspecified atom stereocenters. The van der Waals surface area contributed by atoms with Crippen molar-refractivity contribution in [2.45, 2.75) is 23.5 Å². The highest BCUT2D eigenvalue weighted by Crippen LogP contribution is 2.35. The second-order valence-electron chi connectivity index (χ2n) is 7.33. The zero-order valence-corrected chi connectivity index (χ0v) is 18.4. The molecule has 10 heteroatoms. The fourth-order valence-electron chi connectivity index (χ4n) is 3.64. The third kappa shape index (κ3) is 4.23. The number of rotatable bonds is 5. The van der Waals surface area contributed by atoms with Crippen molar-refractivity contribution in [3.63, 3.8) is 0 Å². The number of nitrogens with zero attached hydrogens (tertiary/aromatic N) is 3. The number of ether oxygens (including phenoxy) is 2. The molecular weight excluding hydrogens is 436 g/mol. The van der Waals surface area contributed by atoms with E-state index in [1.54, 1.807) is 28.7 Å². The van der Waals surface area contributed by atoms with Crippen molar-refractivity contribution in [1.82, 2.24) is 14.3 Å². The first-order chi connectivity index (χ1) is 15.1. The molecule has 0 atom stereocenters. The summed E-state index contributed by atoms with van der Waals surface area (Å²) < 4.78 is 38.9. The molecule has 0 amide bonds. The van der Waals surface area contributed by atoms with Crippen molar-refractivity contribution in [2.75, 3.05) is 31.6 Å². The number of piperidine rings is 1. The summed E-state index contributed by atoms with van der Waals surface area (Å²) in [6, 6.07) is 10.8. The second kappa shape index (κ2) is 8.45. The van der Waals surface area contributed by atoms with Gasteiger partial charge >= 0.3 is 0 Å².